The zero-order chi connectivity index (χ0) is 22.3. The third-order valence-electron chi connectivity index (χ3n) is 7.20. The summed E-state index contributed by atoms with van der Waals surface area (Å²) in [7, 11) is 0. The SMILES string of the molecule is C[C@H]1CCCC[C@@]12NC(=O)N(CC(=O)Nc1nc(-c3ccc4c(c3)CCCC4)cs1)C2=O. The van der Waals surface area contributed by atoms with Crippen molar-refractivity contribution in [2.24, 2.45) is 5.92 Å². The number of hydrogen-bond acceptors (Lipinski definition) is 5. The summed E-state index contributed by atoms with van der Waals surface area (Å²) in [6.45, 7) is 1.70. The number of urea groups is 1. The first-order valence-corrected chi connectivity index (χ1v) is 12.4. The Bertz CT molecular complexity index is 1080. The maximum absolute atomic E-state index is 13.0. The Morgan fingerprint density at radius 1 is 1.22 bits per heavy atom. The lowest BCUT2D eigenvalue weighted by atomic mass is 9.73. The van der Waals surface area contributed by atoms with Gasteiger partial charge in [0.25, 0.3) is 5.91 Å². The zero-order valence-electron chi connectivity index (χ0n) is 18.3. The van der Waals surface area contributed by atoms with Crippen LogP contribution in [0.1, 0.15) is 56.6 Å². The highest BCUT2D eigenvalue weighted by atomic mass is 32.1. The second-order valence-electron chi connectivity index (χ2n) is 9.22. The van der Waals surface area contributed by atoms with Crippen molar-refractivity contribution in [2.75, 3.05) is 11.9 Å². The number of aryl methyl sites for hydroxylation is 2. The van der Waals surface area contributed by atoms with Gasteiger partial charge in [-0.3, -0.25) is 14.5 Å². The zero-order valence-corrected chi connectivity index (χ0v) is 19.1. The minimum absolute atomic E-state index is 0.0684. The Morgan fingerprint density at radius 3 is 2.84 bits per heavy atom. The van der Waals surface area contributed by atoms with Crippen LogP contribution in [0.4, 0.5) is 9.93 Å². The lowest BCUT2D eigenvalue weighted by Gasteiger charge is -2.36. The summed E-state index contributed by atoms with van der Waals surface area (Å²) in [5.41, 5.74) is 3.82. The van der Waals surface area contributed by atoms with E-state index in [1.807, 2.05) is 12.3 Å². The van der Waals surface area contributed by atoms with Crippen molar-refractivity contribution in [2.45, 2.75) is 63.8 Å². The van der Waals surface area contributed by atoms with Crippen LogP contribution in [-0.2, 0) is 22.4 Å². The van der Waals surface area contributed by atoms with Crippen molar-refractivity contribution in [3.63, 3.8) is 0 Å². The predicted molar refractivity (Wildman–Crippen MR) is 123 cm³/mol. The van der Waals surface area contributed by atoms with Gasteiger partial charge in [0.05, 0.1) is 5.69 Å². The highest BCUT2D eigenvalue weighted by Crippen LogP contribution is 2.38. The van der Waals surface area contributed by atoms with Crippen molar-refractivity contribution in [1.82, 2.24) is 15.2 Å². The molecule has 168 valence electrons. The number of anilines is 1. The molecule has 2 aliphatic carbocycles. The number of nitrogens with one attached hydrogen (secondary N) is 2. The molecule has 0 bridgehead atoms. The van der Waals surface area contributed by atoms with Crippen LogP contribution in [0, 0.1) is 5.92 Å². The number of amides is 4. The smallest absolute Gasteiger partial charge is 0.323 e. The highest BCUT2D eigenvalue weighted by molar-refractivity contribution is 7.14. The molecule has 3 aliphatic rings. The molecule has 32 heavy (non-hydrogen) atoms. The number of thiazole rings is 1. The van der Waals surface area contributed by atoms with E-state index in [0.29, 0.717) is 11.6 Å². The fraction of sp³-hybridized carbons (Fsp3) is 0.500. The minimum Gasteiger partial charge on any atom is -0.323 e. The van der Waals surface area contributed by atoms with Crippen LogP contribution >= 0.6 is 11.3 Å². The molecule has 2 N–H and O–H groups in total. The maximum atomic E-state index is 13.0. The third kappa shape index (κ3) is 3.70. The first-order valence-electron chi connectivity index (χ1n) is 11.5. The van der Waals surface area contributed by atoms with Crippen LogP contribution in [-0.4, -0.2) is 39.8 Å². The molecule has 2 atom stereocenters. The van der Waals surface area contributed by atoms with E-state index < -0.39 is 17.5 Å². The summed E-state index contributed by atoms with van der Waals surface area (Å²) >= 11 is 1.34. The third-order valence-corrected chi connectivity index (χ3v) is 7.96. The van der Waals surface area contributed by atoms with E-state index in [1.165, 1.54) is 35.3 Å². The van der Waals surface area contributed by atoms with E-state index in [2.05, 4.69) is 33.8 Å². The van der Waals surface area contributed by atoms with E-state index >= 15 is 0 Å². The molecule has 7 nitrogen and oxygen atoms in total. The number of nitrogens with zero attached hydrogens (tertiary/aromatic N) is 2. The van der Waals surface area contributed by atoms with Gasteiger partial charge in [0, 0.05) is 10.9 Å². The molecule has 1 aliphatic heterocycles. The van der Waals surface area contributed by atoms with Gasteiger partial charge in [0.1, 0.15) is 12.1 Å². The summed E-state index contributed by atoms with van der Waals surface area (Å²) in [4.78, 5) is 43.8. The number of imide groups is 1. The molecule has 2 heterocycles. The molecule has 1 aromatic heterocycles. The van der Waals surface area contributed by atoms with Gasteiger partial charge < -0.3 is 10.6 Å². The van der Waals surface area contributed by atoms with Gasteiger partial charge in [0.15, 0.2) is 5.13 Å². The first-order chi connectivity index (χ1) is 15.5. The van der Waals surface area contributed by atoms with Crippen LogP contribution in [0.2, 0.25) is 0 Å². The standard InChI is InChI=1S/C24H28N4O3S/c1-15-6-4-5-11-24(15)21(30)28(23(31)27-24)13-20(29)26-22-25-19(14-32-22)18-10-9-16-7-2-3-8-17(16)12-18/h9-10,12,14-15H,2-8,11,13H2,1H3,(H,27,31)(H,25,26,29)/t15-,24+/m0/s1. The Kier molecular flexibility index (Phi) is 5.49. The van der Waals surface area contributed by atoms with Gasteiger partial charge in [-0.25, -0.2) is 9.78 Å². The van der Waals surface area contributed by atoms with E-state index in [4.69, 9.17) is 0 Å². The van der Waals surface area contributed by atoms with Gasteiger partial charge in [-0.1, -0.05) is 31.9 Å². The fourth-order valence-corrected chi connectivity index (χ4v) is 6.03. The van der Waals surface area contributed by atoms with E-state index in [9.17, 15) is 14.4 Å². The Balaban J connectivity index is 1.25. The normalized spacial score (nSPS) is 25.0. The molecule has 2 fully saturated rings. The van der Waals surface area contributed by atoms with Crippen LogP contribution in [0.5, 0.6) is 0 Å². The van der Waals surface area contributed by atoms with E-state index in [0.717, 1.165) is 48.3 Å². The maximum Gasteiger partial charge on any atom is 0.325 e. The molecule has 8 heteroatoms. The van der Waals surface area contributed by atoms with Crippen molar-refractivity contribution in [1.29, 1.82) is 0 Å². The number of hydrogen-bond donors (Lipinski definition) is 2. The molecular formula is C24H28N4O3S. The molecule has 1 spiro atoms. The molecule has 1 saturated carbocycles. The second-order valence-corrected chi connectivity index (χ2v) is 10.1. The van der Waals surface area contributed by atoms with Gasteiger partial charge in [-0.2, -0.15) is 0 Å². The summed E-state index contributed by atoms with van der Waals surface area (Å²) < 4.78 is 0. The number of rotatable bonds is 4. The number of benzene rings is 1. The molecule has 0 unspecified atom stereocenters. The van der Waals surface area contributed by atoms with Gasteiger partial charge in [-0.05, 0) is 61.6 Å². The van der Waals surface area contributed by atoms with Crippen molar-refractivity contribution < 1.29 is 14.4 Å². The van der Waals surface area contributed by atoms with E-state index in [-0.39, 0.29) is 18.4 Å². The highest BCUT2D eigenvalue weighted by Gasteiger charge is 2.55. The summed E-state index contributed by atoms with van der Waals surface area (Å²) in [6, 6.07) is 5.99. The topological polar surface area (TPSA) is 91.4 Å². The molecule has 1 saturated heterocycles. The second kappa shape index (κ2) is 8.31. The van der Waals surface area contributed by atoms with Crippen molar-refractivity contribution in [3.8, 4) is 11.3 Å². The summed E-state index contributed by atoms with van der Waals surface area (Å²) in [5, 5.41) is 8.03. The monoisotopic (exact) mass is 452 g/mol. The van der Waals surface area contributed by atoms with Crippen molar-refractivity contribution in [3.05, 3.63) is 34.7 Å². The van der Waals surface area contributed by atoms with Crippen LogP contribution < -0.4 is 10.6 Å². The summed E-state index contributed by atoms with van der Waals surface area (Å²) in [5.74, 6) is -0.627. The number of carbonyl (C=O) groups excluding carboxylic acids is 3. The molecular weight excluding hydrogens is 424 g/mol. The van der Waals surface area contributed by atoms with Gasteiger partial charge >= 0.3 is 6.03 Å². The van der Waals surface area contributed by atoms with Crippen molar-refractivity contribution >= 4 is 34.3 Å². The Labute approximate surface area is 191 Å². The summed E-state index contributed by atoms with van der Waals surface area (Å²) in [6.07, 6.45) is 8.20. The average Bonchev–Trinajstić information content (AvgIpc) is 3.34. The molecule has 4 amide bonds. The molecule has 5 rings (SSSR count). The minimum atomic E-state index is -0.851. The quantitative estimate of drug-likeness (QED) is 0.683. The Morgan fingerprint density at radius 2 is 2.03 bits per heavy atom. The molecule has 2 aromatic rings. The first kappa shape index (κ1) is 21.1. The van der Waals surface area contributed by atoms with Gasteiger partial charge in [-0.15, -0.1) is 11.3 Å². The number of fused-ring (bicyclic) bond motifs is 1. The lowest BCUT2D eigenvalue weighted by molar-refractivity contribution is -0.136. The van der Waals surface area contributed by atoms with Crippen LogP contribution in [0.3, 0.4) is 0 Å². The van der Waals surface area contributed by atoms with Crippen LogP contribution in [0.25, 0.3) is 11.3 Å². The fourth-order valence-electron chi connectivity index (χ4n) is 5.30. The lowest BCUT2D eigenvalue weighted by Crippen LogP contribution is -2.54. The largest absolute Gasteiger partial charge is 0.325 e. The van der Waals surface area contributed by atoms with Crippen LogP contribution in [0.15, 0.2) is 23.6 Å². The number of aromatic nitrogens is 1. The van der Waals surface area contributed by atoms with E-state index in [1.54, 1.807) is 0 Å². The van der Waals surface area contributed by atoms with Gasteiger partial charge in [0.2, 0.25) is 5.91 Å². The average molecular weight is 453 g/mol. The Hall–Kier alpha value is -2.74. The molecule has 1 aromatic carbocycles. The molecule has 0 radical (unpaired) electrons. The predicted octanol–water partition coefficient (Wildman–Crippen LogP) is 4.13. The number of carbonyl (C=O) groups is 3.